The lowest BCUT2D eigenvalue weighted by molar-refractivity contribution is -0.142. The number of nitrogens with two attached hydrogens (primary N) is 4. The van der Waals surface area contributed by atoms with Gasteiger partial charge in [-0.2, -0.15) is 0 Å². The Balaban J connectivity index is 2.70. The van der Waals surface area contributed by atoms with E-state index < -0.39 is 48.4 Å². The number of carbonyl (C=O) groups is 4. The summed E-state index contributed by atoms with van der Waals surface area (Å²) in [7, 11) is 0. The van der Waals surface area contributed by atoms with E-state index in [2.05, 4.69) is 20.9 Å². The molecular formula is C23H38N8O5. The summed E-state index contributed by atoms with van der Waals surface area (Å²) in [6, 6.07) is 6.15. The number of hydrogen-bond acceptors (Lipinski definition) is 7. The Morgan fingerprint density at radius 1 is 0.917 bits per heavy atom. The molecule has 200 valence electrons. The first-order chi connectivity index (χ1) is 17.1. The number of guanidine groups is 1. The minimum Gasteiger partial charge on any atom is -0.480 e. The Kier molecular flexibility index (Phi) is 14.2. The Bertz CT molecular complexity index is 877. The van der Waals surface area contributed by atoms with Crippen LogP contribution in [0.4, 0.5) is 0 Å². The summed E-state index contributed by atoms with van der Waals surface area (Å²) in [6.45, 7) is 0.217. The lowest BCUT2D eigenvalue weighted by Gasteiger charge is -2.22. The lowest BCUT2D eigenvalue weighted by atomic mass is 10.1. The first-order valence-corrected chi connectivity index (χ1v) is 11.8. The van der Waals surface area contributed by atoms with Crippen LogP contribution in [-0.2, 0) is 25.6 Å². The van der Waals surface area contributed by atoms with Crippen molar-refractivity contribution in [2.45, 2.75) is 56.7 Å². The number of nitrogens with one attached hydrogen (secondary N) is 3. The number of carbonyl (C=O) groups excluding carboxylic acids is 3. The highest BCUT2D eigenvalue weighted by atomic mass is 16.4. The molecule has 12 N–H and O–H groups in total. The number of nitrogens with zero attached hydrogens (tertiary/aromatic N) is 1. The highest BCUT2D eigenvalue weighted by Crippen LogP contribution is 2.05. The molecule has 1 rings (SSSR count). The fourth-order valence-electron chi connectivity index (χ4n) is 3.30. The average molecular weight is 507 g/mol. The highest BCUT2D eigenvalue weighted by Gasteiger charge is 2.26. The fraction of sp³-hybridized carbons (Fsp3) is 0.522. The van der Waals surface area contributed by atoms with Gasteiger partial charge in [0.1, 0.15) is 12.1 Å². The van der Waals surface area contributed by atoms with E-state index in [-0.39, 0.29) is 25.3 Å². The molecule has 0 fully saturated rings. The quantitative estimate of drug-likeness (QED) is 0.0655. The third-order valence-corrected chi connectivity index (χ3v) is 5.22. The van der Waals surface area contributed by atoms with E-state index in [1.165, 1.54) is 0 Å². The van der Waals surface area contributed by atoms with Crippen LogP contribution in [0.5, 0.6) is 0 Å². The lowest BCUT2D eigenvalue weighted by Crippen LogP contribution is -2.53. The van der Waals surface area contributed by atoms with Crippen molar-refractivity contribution in [3.8, 4) is 0 Å². The smallest absolute Gasteiger partial charge is 0.326 e. The van der Waals surface area contributed by atoms with Crippen LogP contribution in [-0.4, -0.2) is 72.5 Å². The molecular weight excluding hydrogens is 468 g/mol. The number of carboxylic acid groups (broad SMARTS) is 1. The molecule has 0 heterocycles. The Morgan fingerprint density at radius 2 is 1.58 bits per heavy atom. The highest BCUT2D eigenvalue weighted by molar-refractivity contribution is 5.92. The van der Waals surface area contributed by atoms with Crippen molar-refractivity contribution >= 4 is 29.7 Å². The first-order valence-electron chi connectivity index (χ1n) is 11.8. The normalized spacial score (nSPS) is 13.1. The van der Waals surface area contributed by atoms with E-state index in [1.54, 1.807) is 0 Å². The molecule has 13 heteroatoms. The summed E-state index contributed by atoms with van der Waals surface area (Å²) >= 11 is 0. The third-order valence-electron chi connectivity index (χ3n) is 5.22. The van der Waals surface area contributed by atoms with E-state index in [0.717, 1.165) is 5.56 Å². The van der Waals surface area contributed by atoms with E-state index in [0.29, 0.717) is 32.2 Å². The number of hydrogen-bond donors (Lipinski definition) is 8. The monoisotopic (exact) mass is 506 g/mol. The molecule has 36 heavy (non-hydrogen) atoms. The Labute approximate surface area is 210 Å². The molecule has 0 spiro atoms. The van der Waals surface area contributed by atoms with E-state index in [9.17, 15) is 24.3 Å². The van der Waals surface area contributed by atoms with Gasteiger partial charge in [-0.15, -0.1) is 0 Å². The zero-order chi connectivity index (χ0) is 26.9. The number of aliphatic carboxylic acids is 1. The third kappa shape index (κ3) is 12.7. The van der Waals surface area contributed by atoms with Crippen molar-refractivity contribution in [3.05, 3.63) is 35.9 Å². The molecule has 0 radical (unpaired) electrons. The predicted octanol–water partition coefficient (Wildman–Crippen LogP) is -2.09. The minimum absolute atomic E-state index is 0.111. The average Bonchev–Trinajstić information content (AvgIpc) is 2.84. The second-order valence-corrected chi connectivity index (χ2v) is 8.27. The largest absolute Gasteiger partial charge is 0.480 e. The van der Waals surface area contributed by atoms with E-state index in [1.807, 2.05) is 30.3 Å². The topological polar surface area (TPSA) is 241 Å². The summed E-state index contributed by atoms with van der Waals surface area (Å²) in [5.74, 6) is -3.12. The van der Waals surface area contributed by atoms with Crippen LogP contribution >= 0.6 is 0 Å². The predicted molar refractivity (Wildman–Crippen MR) is 135 cm³/mol. The van der Waals surface area contributed by atoms with Gasteiger partial charge in [0, 0.05) is 6.54 Å². The molecule has 0 aromatic heterocycles. The van der Waals surface area contributed by atoms with Gasteiger partial charge in [-0.3, -0.25) is 19.4 Å². The molecule has 0 bridgehead atoms. The van der Waals surface area contributed by atoms with Gasteiger partial charge in [0.05, 0.1) is 12.6 Å². The fourth-order valence-corrected chi connectivity index (χ4v) is 3.30. The SMILES string of the molecule is NCCCCC(NC(=O)C(CCCN=C(N)N)NC(=O)CNC(=O)C(N)Cc1ccccc1)C(=O)O. The summed E-state index contributed by atoms with van der Waals surface area (Å²) in [4.78, 5) is 52.9. The Morgan fingerprint density at radius 3 is 2.19 bits per heavy atom. The number of amides is 3. The molecule has 0 aliphatic heterocycles. The number of rotatable bonds is 17. The van der Waals surface area contributed by atoms with Gasteiger partial charge in [0.25, 0.3) is 0 Å². The molecule has 1 aromatic carbocycles. The van der Waals surface area contributed by atoms with Crippen LogP contribution in [0.3, 0.4) is 0 Å². The van der Waals surface area contributed by atoms with E-state index in [4.69, 9.17) is 22.9 Å². The zero-order valence-corrected chi connectivity index (χ0v) is 20.3. The van der Waals surface area contributed by atoms with Crippen LogP contribution < -0.4 is 38.9 Å². The number of benzene rings is 1. The van der Waals surface area contributed by atoms with E-state index >= 15 is 0 Å². The second-order valence-electron chi connectivity index (χ2n) is 8.27. The molecule has 3 amide bonds. The van der Waals surface area contributed by atoms with Gasteiger partial charge in [0.2, 0.25) is 17.7 Å². The molecule has 0 aliphatic carbocycles. The van der Waals surface area contributed by atoms with Gasteiger partial charge in [-0.25, -0.2) is 4.79 Å². The number of aliphatic imine (C=N–C) groups is 1. The summed E-state index contributed by atoms with van der Waals surface area (Å²) in [5.41, 5.74) is 22.8. The molecule has 3 unspecified atom stereocenters. The Hall–Kier alpha value is -3.71. The molecule has 3 atom stereocenters. The molecule has 13 nitrogen and oxygen atoms in total. The van der Waals surface area contributed by atoms with Crippen molar-refractivity contribution in [1.29, 1.82) is 0 Å². The van der Waals surface area contributed by atoms with Crippen LogP contribution in [0.15, 0.2) is 35.3 Å². The summed E-state index contributed by atoms with van der Waals surface area (Å²) in [6.07, 6.45) is 2.11. The van der Waals surface area contributed by atoms with Crippen LogP contribution in [0.25, 0.3) is 0 Å². The van der Waals surface area contributed by atoms with Crippen molar-refractivity contribution in [1.82, 2.24) is 16.0 Å². The zero-order valence-electron chi connectivity index (χ0n) is 20.3. The minimum atomic E-state index is -1.19. The molecule has 0 aliphatic rings. The van der Waals surface area contributed by atoms with Crippen molar-refractivity contribution in [2.75, 3.05) is 19.6 Å². The standard InChI is InChI=1S/C23H38N8O5/c24-11-5-4-9-18(22(35)36)31-21(34)17(10-6-12-28-23(26)27)30-19(32)14-29-20(33)16(25)13-15-7-2-1-3-8-15/h1-3,7-8,16-18H,4-6,9-14,24-25H2,(H,29,33)(H,30,32)(H,31,34)(H,35,36)(H4,26,27,28). The number of carboxylic acids is 1. The molecule has 1 aromatic rings. The van der Waals surface area contributed by atoms with Gasteiger partial charge >= 0.3 is 5.97 Å². The van der Waals surface area contributed by atoms with Gasteiger partial charge in [-0.05, 0) is 50.6 Å². The maximum atomic E-state index is 12.8. The maximum Gasteiger partial charge on any atom is 0.326 e. The molecule has 0 saturated heterocycles. The van der Waals surface area contributed by atoms with Crippen LogP contribution in [0, 0.1) is 0 Å². The molecule has 0 saturated carbocycles. The van der Waals surface area contributed by atoms with Gasteiger partial charge in [-0.1, -0.05) is 30.3 Å². The summed E-state index contributed by atoms with van der Waals surface area (Å²) in [5, 5.41) is 16.9. The van der Waals surface area contributed by atoms with Crippen molar-refractivity contribution in [2.24, 2.45) is 27.9 Å². The summed E-state index contributed by atoms with van der Waals surface area (Å²) < 4.78 is 0. The van der Waals surface area contributed by atoms with Gasteiger partial charge < -0.3 is 44.0 Å². The van der Waals surface area contributed by atoms with Crippen molar-refractivity contribution in [3.63, 3.8) is 0 Å². The van der Waals surface area contributed by atoms with Crippen LogP contribution in [0.2, 0.25) is 0 Å². The van der Waals surface area contributed by atoms with Crippen LogP contribution in [0.1, 0.15) is 37.7 Å². The number of unbranched alkanes of at least 4 members (excludes halogenated alkanes) is 1. The van der Waals surface area contributed by atoms with Crippen molar-refractivity contribution < 1.29 is 24.3 Å². The maximum absolute atomic E-state index is 12.8. The van der Waals surface area contributed by atoms with Gasteiger partial charge in [0.15, 0.2) is 5.96 Å². The second kappa shape index (κ2) is 16.8. The first kappa shape index (κ1) is 30.3.